The average molecular weight is 208 g/mol. The van der Waals surface area contributed by atoms with Crippen LogP contribution in [-0.2, 0) is 4.79 Å². The van der Waals surface area contributed by atoms with Gasteiger partial charge in [0.2, 0.25) is 0 Å². The highest BCUT2D eigenvalue weighted by Gasteiger charge is 2.26. The minimum atomic E-state index is 0.159. The molecule has 0 heterocycles. The summed E-state index contributed by atoms with van der Waals surface area (Å²) < 4.78 is 0. The van der Waals surface area contributed by atoms with Crippen LogP contribution in [0.2, 0.25) is 0 Å². The SMILES string of the molecule is CC1=CC=C2C(=Cc3cc(C)ccc32)C1=O. The van der Waals surface area contributed by atoms with Crippen LogP contribution in [0.25, 0.3) is 11.6 Å². The van der Waals surface area contributed by atoms with Crippen molar-refractivity contribution in [3.05, 3.63) is 58.2 Å². The summed E-state index contributed by atoms with van der Waals surface area (Å²) in [4.78, 5) is 12.0. The first-order chi connectivity index (χ1) is 7.66. The molecule has 0 radical (unpaired) electrons. The van der Waals surface area contributed by atoms with E-state index in [4.69, 9.17) is 0 Å². The minimum Gasteiger partial charge on any atom is -0.289 e. The molecule has 0 saturated heterocycles. The third-order valence-electron chi connectivity index (χ3n) is 3.19. The zero-order valence-electron chi connectivity index (χ0n) is 9.37. The maximum atomic E-state index is 12.0. The van der Waals surface area contributed by atoms with Gasteiger partial charge in [0.1, 0.15) is 0 Å². The minimum absolute atomic E-state index is 0.159. The molecule has 1 nitrogen and oxygen atoms in total. The molecule has 0 amide bonds. The van der Waals surface area contributed by atoms with Crippen LogP contribution >= 0.6 is 0 Å². The van der Waals surface area contributed by atoms with E-state index in [1.807, 2.05) is 25.2 Å². The van der Waals surface area contributed by atoms with Crippen molar-refractivity contribution in [1.29, 1.82) is 0 Å². The van der Waals surface area contributed by atoms with Gasteiger partial charge in [-0.15, -0.1) is 0 Å². The smallest absolute Gasteiger partial charge is 0.189 e. The summed E-state index contributed by atoms with van der Waals surface area (Å²) in [6.07, 6.45) is 5.96. The highest BCUT2D eigenvalue weighted by atomic mass is 16.1. The van der Waals surface area contributed by atoms with Crippen molar-refractivity contribution < 1.29 is 4.79 Å². The molecule has 3 rings (SSSR count). The van der Waals surface area contributed by atoms with Crippen molar-refractivity contribution in [2.45, 2.75) is 13.8 Å². The van der Waals surface area contributed by atoms with Gasteiger partial charge >= 0.3 is 0 Å². The molecule has 0 atom stereocenters. The van der Waals surface area contributed by atoms with E-state index in [-0.39, 0.29) is 5.78 Å². The molecule has 0 spiro atoms. The Kier molecular flexibility index (Phi) is 1.78. The third kappa shape index (κ3) is 1.15. The number of aryl methyl sites for hydroxylation is 1. The van der Waals surface area contributed by atoms with E-state index >= 15 is 0 Å². The lowest BCUT2D eigenvalue weighted by molar-refractivity contribution is -0.111. The Morgan fingerprint density at radius 1 is 1.00 bits per heavy atom. The molecule has 78 valence electrons. The molecule has 0 aliphatic heterocycles. The van der Waals surface area contributed by atoms with Crippen LogP contribution in [-0.4, -0.2) is 5.78 Å². The molecule has 1 aromatic carbocycles. The van der Waals surface area contributed by atoms with Crippen molar-refractivity contribution >= 4 is 17.4 Å². The fraction of sp³-hybridized carbons (Fsp3) is 0.133. The van der Waals surface area contributed by atoms with E-state index in [1.165, 1.54) is 11.1 Å². The molecule has 0 N–H and O–H groups in total. The highest BCUT2D eigenvalue weighted by molar-refractivity contribution is 6.25. The van der Waals surface area contributed by atoms with Gasteiger partial charge in [-0.25, -0.2) is 0 Å². The average Bonchev–Trinajstić information content (AvgIpc) is 2.62. The van der Waals surface area contributed by atoms with Crippen molar-refractivity contribution in [1.82, 2.24) is 0 Å². The molecule has 0 unspecified atom stereocenters. The Bertz CT molecular complexity index is 598. The van der Waals surface area contributed by atoms with Gasteiger partial charge in [0.05, 0.1) is 0 Å². The lowest BCUT2D eigenvalue weighted by Crippen LogP contribution is -2.06. The number of allylic oxidation sites excluding steroid dienone is 5. The largest absolute Gasteiger partial charge is 0.289 e. The van der Waals surface area contributed by atoms with Crippen LogP contribution in [0.1, 0.15) is 23.6 Å². The zero-order valence-corrected chi connectivity index (χ0v) is 9.37. The number of Topliss-reactive ketones (excluding diaryl/α,β-unsaturated/α-hetero) is 1. The molecule has 0 fully saturated rings. The fourth-order valence-electron chi connectivity index (χ4n) is 2.29. The van der Waals surface area contributed by atoms with Crippen LogP contribution in [0.5, 0.6) is 0 Å². The van der Waals surface area contributed by atoms with Gasteiger partial charge in [-0.3, -0.25) is 4.79 Å². The molecular weight excluding hydrogens is 196 g/mol. The summed E-state index contributed by atoms with van der Waals surface area (Å²) in [6, 6.07) is 6.32. The Morgan fingerprint density at radius 2 is 1.81 bits per heavy atom. The van der Waals surface area contributed by atoms with Crippen molar-refractivity contribution in [2.24, 2.45) is 0 Å². The zero-order chi connectivity index (χ0) is 11.3. The summed E-state index contributed by atoms with van der Waals surface area (Å²) in [5.74, 6) is 0.159. The molecular formula is C15H12O. The number of fused-ring (bicyclic) bond motifs is 3. The predicted octanol–water partition coefficient (Wildman–Crippen LogP) is 3.30. The number of carbonyl (C=O) groups excluding carboxylic acids is 1. The molecule has 0 aromatic heterocycles. The maximum Gasteiger partial charge on any atom is 0.189 e. The quantitative estimate of drug-likeness (QED) is 0.639. The lowest BCUT2D eigenvalue weighted by atomic mass is 9.92. The number of benzene rings is 1. The van der Waals surface area contributed by atoms with Gasteiger partial charge in [-0.1, -0.05) is 35.9 Å². The number of hydrogen-bond donors (Lipinski definition) is 0. The number of carbonyl (C=O) groups is 1. The van der Waals surface area contributed by atoms with Gasteiger partial charge < -0.3 is 0 Å². The summed E-state index contributed by atoms with van der Waals surface area (Å²) in [6.45, 7) is 3.94. The monoisotopic (exact) mass is 208 g/mol. The molecule has 0 saturated carbocycles. The number of rotatable bonds is 0. The molecule has 2 aliphatic rings. The van der Waals surface area contributed by atoms with Crippen molar-refractivity contribution in [3.8, 4) is 0 Å². The fourth-order valence-corrected chi connectivity index (χ4v) is 2.29. The van der Waals surface area contributed by atoms with Crippen LogP contribution in [0.15, 0.2) is 41.5 Å². The molecule has 1 aromatic rings. The van der Waals surface area contributed by atoms with E-state index in [0.29, 0.717) is 0 Å². The first kappa shape index (κ1) is 9.34. The summed E-state index contributed by atoms with van der Waals surface area (Å²) in [7, 11) is 0. The van der Waals surface area contributed by atoms with Gasteiger partial charge in [0.25, 0.3) is 0 Å². The maximum absolute atomic E-state index is 12.0. The summed E-state index contributed by atoms with van der Waals surface area (Å²) in [5, 5.41) is 0. The lowest BCUT2D eigenvalue weighted by Gasteiger charge is -2.10. The van der Waals surface area contributed by atoms with Crippen molar-refractivity contribution in [3.63, 3.8) is 0 Å². The highest BCUT2D eigenvalue weighted by Crippen LogP contribution is 2.39. The number of hydrogen-bond acceptors (Lipinski definition) is 1. The second kappa shape index (κ2) is 3.05. The topological polar surface area (TPSA) is 17.1 Å². The van der Waals surface area contributed by atoms with Crippen molar-refractivity contribution in [2.75, 3.05) is 0 Å². The molecule has 1 heteroatoms. The van der Waals surface area contributed by atoms with Gasteiger partial charge in [0.15, 0.2) is 5.78 Å². The Hall–Kier alpha value is -1.89. The second-order valence-corrected chi connectivity index (χ2v) is 4.41. The second-order valence-electron chi connectivity index (χ2n) is 4.41. The van der Waals surface area contributed by atoms with Crippen LogP contribution in [0.3, 0.4) is 0 Å². The van der Waals surface area contributed by atoms with Gasteiger partial charge in [-0.05, 0) is 42.2 Å². The van der Waals surface area contributed by atoms with Gasteiger partial charge in [-0.2, -0.15) is 0 Å². The third-order valence-corrected chi connectivity index (χ3v) is 3.19. The molecule has 0 bridgehead atoms. The van der Waals surface area contributed by atoms with E-state index in [0.717, 1.165) is 22.3 Å². The first-order valence-corrected chi connectivity index (χ1v) is 5.43. The predicted molar refractivity (Wildman–Crippen MR) is 65.9 cm³/mol. The normalized spacial score (nSPS) is 17.4. The Morgan fingerprint density at radius 3 is 2.62 bits per heavy atom. The van der Waals surface area contributed by atoms with Gasteiger partial charge in [0, 0.05) is 5.57 Å². The first-order valence-electron chi connectivity index (χ1n) is 5.43. The van der Waals surface area contributed by atoms with Crippen LogP contribution < -0.4 is 0 Å². The molecule has 16 heavy (non-hydrogen) atoms. The Balaban J connectivity index is 2.24. The van der Waals surface area contributed by atoms with E-state index in [1.54, 1.807) is 0 Å². The van der Waals surface area contributed by atoms with E-state index in [9.17, 15) is 4.79 Å². The molecule has 2 aliphatic carbocycles. The van der Waals surface area contributed by atoms with E-state index < -0.39 is 0 Å². The Labute approximate surface area is 94.8 Å². The van der Waals surface area contributed by atoms with Crippen LogP contribution in [0.4, 0.5) is 0 Å². The van der Waals surface area contributed by atoms with Crippen LogP contribution in [0, 0.1) is 6.92 Å². The van der Waals surface area contributed by atoms with E-state index in [2.05, 4.69) is 25.1 Å². The summed E-state index contributed by atoms with van der Waals surface area (Å²) in [5.41, 5.74) is 6.31. The number of ketones is 1. The standard InChI is InChI=1S/C15H12O/c1-9-3-5-12-11(7-9)8-14-13(12)6-4-10(2)15(14)16/h3-8H,1-2H3. The summed E-state index contributed by atoms with van der Waals surface area (Å²) >= 11 is 0.